The maximum absolute atomic E-state index is 12.9. The summed E-state index contributed by atoms with van der Waals surface area (Å²) in [6.45, 7) is 3.45. The zero-order chi connectivity index (χ0) is 19.1. The molecule has 0 aromatic heterocycles. The standard InChI is InChI=1S/C21H19N3O2S/c1-2-26-13-12-24-20(25)19(14-16-8-10-17(15-22)11-9-16)27-21(24)23-18-6-4-3-5-7-18/h3-11,14H,2,12-13H2,1H3. The van der Waals surface area contributed by atoms with E-state index in [0.717, 1.165) is 11.3 Å². The summed E-state index contributed by atoms with van der Waals surface area (Å²) in [6, 6.07) is 18.8. The van der Waals surface area contributed by atoms with Gasteiger partial charge in [0, 0.05) is 6.61 Å². The van der Waals surface area contributed by atoms with Crippen molar-refractivity contribution >= 4 is 34.6 Å². The summed E-state index contributed by atoms with van der Waals surface area (Å²) >= 11 is 1.35. The smallest absolute Gasteiger partial charge is 0.266 e. The first-order valence-corrected chi connectivity index (χ1v) is 9.46. The molecule has 0 saturated carbocycles. The van der Waals surface area contributed by atoms with Crippen molar-refractivity contribution in [2.24, 2.45) is 4.99 Å². The lowest BCUT2D eigenvalue weighted by molar-refractivity contribution is -0.122. The Bertz CT molecular complexity index is 899. The molecule has 27 heavy (non-hydrogen) atoms. The molecule has 2 aromatic rings. The number of benzene rings is 2. The minimum absolute atomic E-state index is 0.0845. The van der Waals surface area contributed by atoms with E-state index in [9.17, 15) is 4.79 Å². The molecule has 3 rings (SSSR count). The van der Waals surface area contributed by atoms with Crippen LogP contribution in [0.3, 0.4) is 0 Å². The van der Waals surface area contributed by atoms with Crippen molar-refractivity contribution in [3.8, 4) is 6.07 Å². The van der Waals surface area contributed by atoms with Crippen molar-refractivity contribution in [1.82, 2.24) is 4.90 Å². The molecule has 0 aliphatic carbocycles. The number of ether oxygens (including phenoxy) is 1. The van der Waals surface area contributed by atoms with Crippen LogP contribution in [0.4, 0.5) is 5.69 Å². The minimum Gasteiger partial charge on any atom is -0.380 e. The topological polar surface area (TPSA) is 65.7 Å². The number of para-hydroxylation sites is 1. The Kier molecular flexibility index (Phi) is 6.42. The molecule has 136 valence electrons. The Hall–Kier alpha value is -2.88. The van der Waals surface area contributed by atoms with Gasteiger partial charge >= 0.3 is 0 Å². The van der Waals surface area contributed by atoms with Gasteiger partial charge in [-0.1, -0.05) is 30.3 Å². The second kappa shape index (κ2) is 9.17. The first-order chi connectivity index (χ1) is 13.2. The van der Waals surface area contributed by atoms with Gasteiger partial charge < -0.3 is 4.74 Å². The first kappa shape index (κ1) is 18.9. The summed E-state index contributed by atoms with van der Waals surface area (Å²) in [7, 11) is 0. The van der Waals surface area contributed by atoms with Crippen molar-refractivity contribution < 1.29 is 9.53 Å². The molecule has 0 atom stereocenters. The fourth-order valence-electron chi connectivity index (χ4n) is 2.51. The lowest BCUT2D eigenvalue weighted by atomic mass is 10.1. The van der Waals surface area contributed by atoms with E-state index in [4.69, 9.17) is 10.00 Å². The Balaban J connectivity index is 1.88. The number of aliphatic imine (C=N–C) groups is 1. The normalized spacial score (nSPS) is 16.9. The third-order valence-corrected chi connectivity index (χ3v) is 4.88. The van der Waals surface area contributed by atoms with E-state index in [0.29, 0.717) is 35.4 Å². The maximum atomic E-state index is 12.9. The van der Waals surface area contributed by atoms with E-state index in [-0.39, 0.29) is 5.91 Å². The molecular formula is C21H19N3O2S. The van der Waals surface area contributed by atoms with Crippen LogP contribution in [0.1, 0.15) is 18.1 Å². The summed E-state index contributed by atoms with van der Waals surface area (Å²) in [6.07, 6.45) is 1.83. The van der Waals surface area contributed by atoms with Crippen LogP contribution in [0, 0.1) is 11.3 Å². The quantitative estimate of drug-likeness (QED) is 0.559. The van der Waals surface area contributed by atoms with Crippen LogP contribution in [-0.2, 0) is 9.53 Å². The van der Waals surface area contributed by atoms with Gasteiger partial charge in [-0.05, 0) is 54.6 Å². The van der Waals surface area contributed by atoms with Gasteiger partial charge in [0.15, 0.2) is 5.17 Å². The Morgan fingerprint density at radius 2 is 1.93 bits per heavy atom. The van der Waals surface area contributed by atoms with E-state index in [1.54, 1.807) is 17.0 Å². The zero-order valence-corrected chi connectivity index (χ0v) is 15.8. The lowest BCUT2D eigenvalue weighted by Gasteiger charge is -2.15. The van der Waals surface area contributed by atoms with Gasteiger partial charge in [0.1, 0.15) is 0 Å². The van der Waals surface area contributed by atoms with Gasteiger partial charge in [-0.3, -0.25) is 9.69 Å². The molecule has 0 bridgehead atoms. The lowest BCUT2D eigenvalue weighted by Crippen LogP contribution is -2.32. The second-order valence-electron chi connectivity index (χ2n) is 5.73. The molecule has 1 amide bonds. The number of carbonyl (C=O) groups excluding carboxylic acids is 1. The van der Waals surface area contributed by atoms with E-state index in [1.807, 2.05) is 55.5 Å². The van der Waals surface area contributed by atoms with Gasteiger partial charge in [-0.15, -0.1) is 0 Å². The molecule has 1 aliphatic heterocycles. The Labute approximate surface area is 163 Å². The number of nitrogens with zero attached hydrogens (tertiary/aromatic N) is 3. The summed E-state index contributed by atoms with van der Waals surface area (Å²) in [5.74, 6) is -0.0845. The van der Waals surface area contributed by atoms with Gasteiger partial charge in [0.05, 0.1) is 35.4 Å². The fraction of sp³-hybridized carbons (Fsp3) is 0.190. The van der Waals surface area contributed by atoms with Crippen molar-refractivity contribution in [1.29, 1.82) is 5.26 Å². The SMILES string of the molecule is CCOCCN1C(=O)C(=Cc2ccc(C#N)cc2)SC1=Nc1ccccc1. The predicted molar refractivity (Wildman–Crippen MR) is 108 cm³/mol. The van der Waals surface area contributed by atoms with Crippen LogP contribution in [0.25, 0.3) is 6.08 Å². The molecule has 1 fully saturated rings. The molecular weight excluding hydrogens is 358 g/mol. The molecule has 0 unspecified atom stereocenters. The minimum atomic E-state index is -0.0845. The Morgan fingerprint density at radius 1 is 1.19 bits per heavy atom. The number of amidine groups is 1. The molecule has 0 spiro atoms. The average molecular weight is 377 g/mol. The second-order valence-corrected chi connectivity index (χ2v) is 6.74. The molecule has 2 aromatic carbocycles. The molecule has 6 heteroatoms. The average Bonchev–Trinajstić information content (AvgIpc) is 2.98. The highest BCUT2D eigenvalue weighted by molar-refractivity contribution is 8.18. The van der Waals surface area contributed by atoms with Gasteiger partial charge in [-0.2, -0.15) is 5.26 Å². The van der Waals surface area contributed by atoms with Crippen LogP contribution < -0.4 is 0 Å². The molecule has 0 radical (unpaired) electrons. The van der Waals surface area contributed by atoms with Crippen LogP contribution in [-0.4, -0.2) is 35.7 Å². The highest BCUT2D eigenvalue weighted by Crippen LogP contribution is 2.34. The summed E-state index contributed by atoms with van der Waals surface area (Å²) in [4.78, 5) is 19.8. The number of rotatable bonds is 6. The molecule has 1 saturated heterocycles. The molecule has 1 aliphatic rings. The highest BCUT2D eigenvalue weighted by Gasteiger charge is 2.33. The van der Waals surface area contributed by atoms with Crippen LogP contribution >= 0.6 is 11.8 Å². The van der Waals surface area contributed by atoms with Crippen LogP contribution in [0.2, 0.25) is 0 Å². The fourth-order valence-corrected chi connectivity index (χ4v) is 3.53. The maximum Gasteiger partial charge on any atom is 0.266 e. The van der Waals surface area contributed by atoms with Gasteiger partial charge in [0.2, 0.25) is 0 Å². The number of carbonyl (C=O) groups is 1. The van der Waals surface area contributed by atoms with Crippen LogP contribution in [0.5, 0.6) is 0 Å². The zero-order valence-electron chi connectivity index (χ0n) is 15.0. The highest BCUT2D eigenvalue weighted by atomic mass is 32.2. The number of amides is 1. The summed E-state index contributed by atoms with van der Waals surface area (Å²) in [5.41, 5.74) is 2.26. The van der Waals surface area contributed by atoms with E-state index < -0.39 is 0 Å². The van der Waals surface area contributed by atoms with Crippen molar-refractivity contribution in [2.75, 3.05) is 19.8 Å². The number of hydrogen-bond donors (Lipinski definition) is 0. The molecule has 0 N–H and O–H groups in total. The van der Waals surface area contributed by atoms with Crippen molar-refractivity contribution in [3.63, 3.8) is 0 Å². The molecule has 5 nitrogen and oxygen atoms in total. The Morgan fingerprint density at radius 3 is 2.59 bits per heavy atom. The van der Waals surface area contributed by atoms with Crippen molar-refractivity contribution in [2.45, 2.75) is 6.92 Å². The third-order valence-electron chi connectivity index (χ3n) is 3.87. The van der Waals surface area contributed by atoms with E-state index >= 15 is 0 Å². The molecule has 1 heterocycles. The van der Waals surface area contributed by atoms with Crippen molar-refractivity contribution in [3.05, 3.63) is 70.6 Å². The van der Waals surface area contributed by atoms with Gasteiger partial charge in [0.25, 0.3) is 5.91 Å². The first-order valence-electron chi connectivity index (χ1n) is 8.64. The van der Waals surface area contributed by atoms with Crippen LogP contribution in [0.15, 0.2) is 64.5 Å². The monoisotopic (exact) mass is 377 g/mol. The number of thioether (sulfide) groups is 1. The third kappa shape index (κ3) is 4.85. The van der Waals surface area contributed by atoms with Gasteiger partial charge in [-0.25, -0.2) is 4.99 Å². The van der Waals surface area contributed by atoms with E-state index in [2.05, 4.69) is 11.1 Å². The van der Waals surface area contributed by atoms with E-state index in [1.165, 1.54) is 11.8 Å². The largest absolute Gasteiger partial charge is 0.380 e. The number of hydrogen-bond acceptors (Lipinski definition) is 5. The number of nitriles is 1. The summed E-state index contributed by atoms with van der Waals surface area (Å²) < 4.78 is 5.41. The summed E-state index contributed by atoms with van der Waals surface area (Å²) in [5, 5.41) is 9.55. The predicted octanol–water partition coefficient (Wildman–Crippen LogP) is 4.20.